The molecule has 1 rings (SSSR count). The zero-order chi connectivity index (χ0) is 8.32. The van der Waals surface area contributed by atoms with E-state index >= 15 is 0 Å². The average molecular weight is 155 g/mol. The molecule has 0 unspecified atom stereocenters. The quantitative estimate of drug-likeness (QED) is 0.649. The number of hydrogen-bond donors (Lipinski definition) is 1. The third-order valence-electron chi connectivity index (χ3n) is 2.58. The van der Waals surface area contributed by atoms with Crippen LogP contribution in [0.25, 0.3) is 0 Å². The maximum Gasteiger partial charge on any atom is 0.143 e. The third-order valence-corrected chi connectivity index (χ3v) is 2.58. The predicted octanol–water partition coefficient (Wildman–Crippen LogP) is 1.36. The number of carbonyl (C=O) groups excluding carboxylic acids is 1. The maximum absolute atomic E-state index is 10.6. The van der Waals surface area contributed by atoms with Gasteiger partial charge in [0.25, 0.3) is 0 Å². The van der Waals surface area contributed by atoms with Crippen LogP contribution in [-0.4, -0.2) is 18.9 Å². The van der Waals surface area contributed by atoms with Crippen LogP contribution in [0.3, 0.4) is 0 Å². The summed E-state index contributed by atoms with van der Waals surface area (Å²) in [5.41, 5.74) is 0.565. The first-order valence-corrected chi connectivity index (χ1v) is 4.39. The Morgan fingerprint density at radius 1 is 1.55 bits per heavy atom. The molecule has 0 amide bonds. The fourth-order valence-corrected chi connectivity index (χ4v) is 1.34. The van der Waals surface area contributed by atoms with Crippen LogP contribution in [0.5, 0.6) is 0 Å². The highest BCUT2D eigenvalue weighted by atomic mass is 16.1. The Morgan fingerprint density at radius 2 is 2.18 bits per heavy atom. The molecule has 1 aliphatic rings. The molecule has 0 aromatic carbocycles. The molecule has 2 nitrogen and oxygen atoms in total. The summed E-state index contributed by atoms with van der Waals surface area (Å²) in [6.07, 6.45) is 3.93. The molecule has 1 N–H and O–H groups in total. The van der Waals surface area contributed by atoms with Crippen molar-refractivity contribution in [2.75, 3.05) is 13.1 Å². The van der Waals surface area contributed by atoms with Gasteiger partial charge in [-0.15, -0.1) is 0 Å². The van der Waals surface area contributed by atoms with Crippen LogP contribution in [0, 0.1) is 5.41 Å². The lowest BCUT2D eigenvalue weighted by Crippen LogP contribution is -2.27. The lowest BCUT2D eigenvalue weighted by Gasteiger charge is -2.11. The Kier molecular flexibility index (Phi) is 2.66. The highest BCUT2D eigenvalue weighted by Gasteiger charge is 2.39. The van der Waals surface area contributed by atoms with Gasteiger partial charge in [-0.05, 0) is 31.6 Å². The molecule has 1 fully saturated rings. The van der Waals surface area contributed by atoms with Crippen LogP contribution in [0.15, 0.2) is 0 Å². The zero-order valence-electron chi connectivity index (χ0n) is 7.44. The monoisotopic (exact) mass is 155 g/mol. The van der Waals surface area contributed by atoms with E-state index in [-0.39, 0.29) is 5.78 Å². The molecule has 0 aliphatic heterocycles. The van der Waals surface area contributed by atoms with Gasteiger partial charge < -0.3 is 5.32 Å². The zero-order valence-corrected chi connectivity index (χ0v) is 7.44. The normalized spacial score (nSPS) is 19.8. The summed E-state index contributed by atoms with van der Waals surface area (Å²) >= 11 is 0. The predicted molar refractivity (Wildman–Crippen MR) is 45.5 cm³/mol. The van der Waals surface area contributed by atoms with Gasteiger partial charge in [0, 0.05) is 6.54 Å². The summed E-state index contributed by atoms with van der Waals surface area (Å²) in [6.45, 7) is 5.42. The van der Waals surface area contributed by atoms with Crippen molar-refractivity contribution in [3.63, 3.8) is 0 Å². The van der Waals surface area contributed by atoms with Crippen molar-refractivity contribution in [2.24, 2.45) is 5.41 Å². The Bertz CT molecular complexity index is 150. The standard InChI is InChI=1S/C9H17NO/c1-3-9(4-5-9)7-10-6-8(2)11/h10H,3-7H2,1-2H3. The summed E-state index contributed by atoms with van der Waals surface area (Å²) in [7, 11) is 0. The van der Waals surface area contributed by atoms with Crippen molar-refractivity contribution < 1.29 is 4.79 Å². The van der Waals surface area contributed by atoms with Crippen LogP contribution in [0.4, 0.5) is 0 Å². The van der Waals surface area contributed by atoms with Gasteiger partial charge in [0.2, 0.25) is 0 Å². The number of rotatable bonds is 5. The summed E-state index contributed by atoms with van der Waals surface area (Å²) < 4.78 is 0. The number of nitrogens with one attached hydrogen (secondary N) is 1. The van der Waals surface area contributed by atoms with Gasteiger partial charge in [0.1, 0.15) is 5.78 Å². The number of carbonyl (C=O) groups is 1. The van der Waals surface area contributed by atoms with Crippen LogP contribution in [-0.2, 0) is 4.79 Å². The Morgan fingerprint density at radius 3 is 2.55 bits per heavy atom. The van der Waals surface area contributed by atoms with E-state index in [0.29, 0.717) is 12.0 Å². The van der Waals surface area contributed by atoms with Crippen LogP contribution in [0.2, 0.25) is 0 Å². The molecule has 64 valence electrons. The second kappa shape index (κ2) is 3.35. The molecule has 0 aromatic rings. The second-order valence-corrected chi connectivity index (χ2v) is 3.66. The van der Waals surface area contributed by atoms with E-state index < -0.39 is 0 Å². The van der Waals surface area contributed by atoms with E-state index in [1.807, 2.05) is 0 Å². The lowest BCUT2D eigenvalue weighted by molar-refractivity contribution is -0.116. The Hall–Kier alpha value is -0.370. The van der Waals surface area contributed by atoms with Gasteiger partial charge in [-0.3, -0.25) is 4.79 Å². The summed E-state index contributed by atoms with van der Waals surface area (Å²) in [6, 6.07) is 0. The maximum atomic E-state index is 10.6. The van der Waals surface area contributed by atoms with E-state index in [9.17, 15) is 4.79 Å². The minimum Gasteiger partial charge on any atom is -0.309 e. The molecule has 0 radical (unpaired) electrons. The molecule has 1 aliphatic carbocycles. The van der Waals surface area contributed by atoms with Crippen LogP contribution < -0.4 is 5.32 Å². The number of Topliss-reactive ketones (excluding diaryl/α,β-unsaturated/α-hetero) is 1. The SMILES string of the molecule is CCC1(CNCC(C)=O)CC1. The lowest BCUT2D eigenvalue weighted by atomic mass is 10.0. The van der Waals surface area contributed by atoms with Crippen LogP contribution >= 0.6 is 0 Å². The van der Waals surface area contributed by atoms with E-state index in [4.69, 9.17) is 0 Å². The topological polar surface area (TPSA) is 29.1 Å². The first kappa shape index (κ1) is 8.72. The van der Waals surface area contributed by atoms with Gasteiger partial charge in [0.15, 0.2) is 0 Å². The molecule has 0 aromatic heterocycles. The molecule has 1 saturated carbocycles. The number of ketones is 1. The van der Waals surface area contributed by atoms with Crippen molar-refractivity contribution in [1.82, 2.24) is 5.32 Å². The molecular formula is C9H17NO. The van der Waals surface area contributed by atoms with Crippen molar-refractivity contribution in [3.05, 3.63) is 0 Å². The van der Waals surface area contributed by atoms with Crippen molar-refractivity contribution >= 4 is 5.78 Å². The van der Waals surface area contributed by atoms with Gasteiger partial charge in [-0.2, -0.15) is 0 Å². The van der Waals surface area contributed by atoms with E-state index in [0.717, 1.165) is 6.54 Å². The van der Waals surface area contributed by atoms with E-state index in [2.05, 4.69) is 12.2 Å². The van der Waals surface area contributed by atoms with Crippen LogP contribution in [0.1, 0.15) is 33.1 Å². The molecule has 2 heteroatoms. The summed E-state index contributed by atoms with van der Waals surface area (Å²) in [4.78, 5) is 10.6. The van der Waals surface area contributed by atoms with E-state index in [1.165, 1.54) is 19.3 Å². The highest BCUT2D eigenvalue weighted by Crippen LogP contribution is 2.47. The van der Waals surface area contributed by atoms with Crippen molar-refractivity contribution in [3.8, 4) is 0 Å². The third kappa shape index (κ3) is 2.62. The summed E-state index contributed by atoms with van der Waals surface area (Å²) in [5, 5.41) is 3.19. The fourth-order valence-electron chi connectivity index (χ4n) is 1.34. The first-order valence-electron chi connectivity index (χ1n) is 4.39. The van der Waals surface area contributed by atoms with Crippen molar-refractivity contribution in [1.29, 1.82) is 0 Å². The fraction of sp³-hybridized carbons (Fsp3) is 0.889. The Balaban J connectivity index is 2.07. The Labute approximate surface area is 68.4 Å². The molecule has 0 bridgehead atoms. The average Bonchev–Trinajstić information content (AvgIpc) is 2.69. The molecule has 0 atom stereocenters. The molecule has 0 heterocycles. The first-order chi connectivity index (χ1) is 5.18. The minimum atomic E-state index is 0.233. The van der Waals surface area contributed by atoms with Gasteiger partial charge in [-0.1, -0.05) is 6.92 Å². The number of hydrogen-bond acceptors (Lipinski definition) is 2. The smallest absolute Gasteiger partial charge is 0.143 e. The molecule has 0 spiro atoms. The van der Waals surface area contributed by atoms with E-state index in [1.54, 1.807) is 6.92 Å². The second-order valence-electron chi connectivity index (χ2n) is 3.66. The molecular weight excluding hydrogens is 138 g/mol. The minimum absolute atomic E-state index is 0.233. The van der Waals surface area contributed by atoms with Gasteiger partial charge in [-0.25, -0.2) is 0 Å². The highest BCUT2D eigenvalue weighted by molar-refractivity contribution is 5.77. The van der Waals surface area contributed by atoms with Gasteiger partial charge in [0.05, 0.1) is 6.54 Å². The molecule has 11 heavy (non-hydrogen) atoms. The summed E-state index contributed by atoms with van der Waals surface area (Å²) in [5.74, 6) is 0.233. The largest absolute Gasteiger partial charge is 0.309 e. The van der Waals surface area contributed by atoms with Crippen molar-refractivity contribution in [2.45, 2.75) is 33.1 Å². The molecule has 0 saturated heterocycles. The van der Waals surface area contributed by atoms with Gasteiger partial charge >= 0.3 is 0 Å².